The van der Waals surface area contributed by atoms with E-state index in [1.54, 1.807) is 0 Å². The van der Waals surface area contributed by atoms with Crippen LogP contribution in [0.2, 0.25) is 0 Å². The molecule has 7 aliphatic rings. The highest BCUT2D eigenvalue weighted by Crippen LogP contribution is 2.51. The molecule has 7 heteroatoms. The molecule has 0 atom stereocenters. The Bertz CT molecular complexity index is 2270. The molecule has 5 nitrogen and oxygen atoms in total. The average molecular weight is 534 g/mol. The van der Waals surface area contributed by atoms with Gasteiger partial charge in [0.15, 0.2) is 23.6 Å². The molecule has 0 radical (unpaired) electrons. The van der Waals surface area contributed by atoms with E-state index in [9.17, 15) is 0 Å². The van der Waals surface area contributed by atoms with Crippen LogP contribution in [0.4, 0.5) is 0 Å². The van der Waals surface area contributed by atoms with Crippen molar-refractivity contribution in [2.75, 3.05) is 0 Å². The third kappa shape index (κ3) is 1.69. The van der Waals surface area contributed by atoms with Gasteiger partial charge in [-0.05, 0) is 70.6 Å². The number of aromatic nitrogens is 2. The molecule has 0 bridgehead atoms. The molecule has 0 amide bonds. The summed E-state index contributed by atoms with van der Waals surface area (Å²) in [6.07, 6.45) is 4.58. The molecule has 2 aromatic heterocycles. The van der Waals surface area contributed by atoms with Gasteiger partial charge in [0.25, 0.3) is 0 Å². The number of rotatable bonds is 0. The maximum Gasteiger partial charge on any atom is 0.420 e. The molecule has 0 aliphatic carbocycles. The number of ether oxygens (including phenoxy) is 3. The zero-order valence-electron chi connectivity index (χ0n) is 22.0. The third-order valence-electron chi connectivity index (χ3n) is 10.9. The van der Waals surface area contributed by atoms with E-state index >= 15 is 0 Å². The molecule has 1 spiro atoms. The zero-order chi connectivity index (χ0) is 26.6. The van der Waals surface area contributed by atoms with Crippen molar-refractivity contribution >= 4 is 46.5 Å². The van der Waals surface area contributed by atoms with Gasteiger partial charge in [0, 0.05) is 34.2 Å². The summed E-state index contributed by atoms with van der Waals surface area (Å²) >= 11 is 0. The first-order chi connectivity index (χ1) is 20.8. The second-order valence-electron chi connectivity index (χ2n) is 12.3. The molecule has 0 fully saturated rings. The maximum atomic E-state index is 6.91. The highest BCUT2D eigenvalue weighted by molar-refractivity contribution is 7.01. The van der Waals surface area contributed by atoms with Gasteiger partial charge in [-0.1, -0.05) is 24.3 Å². The minimum absolute atomic E-state index is 0.0801. The topological polar surface area (TPSA) is 35.5 Å². The van der Waals surface area contributed by atoms with E-state index in [1.165, 1.54) is 66.4 Å². The summed E-state index contributed by atoms with van der Waals surface area (Å²) in [4.78, 5) is 0. The maximum absolute atomic E-state index is 6.91. The van der Waals surface area contributed by atoms with Crippen LogP contribution < -0.4 is 56.4 Å². The average Bonchev–Trinajstić information content (AvgIpc) is 3.56. The fourth-order valence-electron chi connectivity index (χ4n) is 9.70. The summed E-state index contributed by atoms with van der Waals surface area (Å²) < 4.78 is 25.5. The number of hydrogen-bond donors (Lipinski definition) is 0. The first-order valence-corrected chi connectivity index (χ1v) is 14.6. The van der Waals surface area contributed by atoms with Crippen LogP contribution in [-0.4, -0.2) is 13.4 Å². The minimum atomic E-state index is -0.713. The fraction of sp³-hybridized carbons (Fsp3) is 0.0286. The van der Waals surface area contributed by atoms with Crippen LogP contribution in [-0.2, 0) is 5.66 Å². The Balaban J connectivity index is 1.32. The van der Waals surface area contributed by atoms with Crippen LogP contribution in [0.25, 0.3) is 22.3 Å². The first kappa shape index (κ1) is 19.7. The van der Waals surface area contributed by atoms with E-state index in [2.05, 4.69) is 106 Å². The molecule has 188 valence electrons. The predicted molar refractivity (Wildman–Crippen MR) is 158 cm³/mol. The number of pyridine rings is 2. The second kappa shape index (κ2) is 5.86. The van der Waals surface area contributed by atoms with Crippen molar-refractivity contribution in [3.8, 4) is 56.8 Å². The SMILES string of the molecule is c1cc2c3c(c1)-c1ccc[n+]4c1B3c1c(ccc3c1C41c4c(ccc5c4B4c6c(cccc6-c6ccc[n+]1c64)O5)O3)O2. The quantitative estimate of drug-likeness (QED) is 0.219. The van der Waals surface area contributed by atoms with Crippen LogP contribution in [0, 0.1) is 0 Å². The lowest BCUT2D eigenvalue weighted by molar-refractivity contribution is -0.958. The van der Waals surface area contributed by atoms with Crippen molar-refractivity contribution < 1.29 is 23.3 Å². The van der Waals surface area contributed by atoms with Gasteiger partial charge in [-0.25, -0.2) is 0 Å². The Hall–Kier alpha value is -5.29. The molecule has 9 heterocycles. The predicted octanol–water partition coefficient (Wildman–Crippen LogP) is 1.50. The number of fused-ring (bicyclic) bond motifs is 2. The lowest BCUT2D eigenvalue weighted by Crippen LogP contribution is -2.93. The molecule has 0 saturated carbocycles. The smallest absolute Gasteiger partial charge is 0.420 e. The van der Waals surface area contributed by atoms with Crippen LogP contribution in [0.1, 0.15) is 11.1 Å². The lowest BCUT2D eigenvalue weighted by atomic mass is 9.33. The fourth-order valence-corrected chi connectivity index (χ4v) is 9.70. The van der Waals surface area contributed by atoms with Gasteiger partial charge in [-0.2, -0.15) is 0 Å². The highest BCUT2D eigenvalue weighted by Gasteiger charge is 2.74. The number of benzene rings is 4. The lowest BCUT2D eigenvalue weighted by Gasteiger charge is -2.42. The summed E-state index contributed by atoms with van der Waals surface area (Å²) in [5.41, 5.74) is 14.3. The van der Waals surface area contributed by atoms with Crippen LogP contribution >= 0.6 is 0 Å². The molecular weight excluding hydrogens is 518 g/mol. The zero-order valence-corrected chi connectivity index (χ0v) is 22.0. The molecular formula is C35H16B2N2O3+2. The Kier molecular flexibility index (Phi) is 2.75. The van der Waals surface area contributed by atoms with E-state index in [-0.39, 0.29) is 13.4 Å². The molecule has 0 unspecified atom stereocenters. The molecule has 0 saturated heterocycles. The summed E-state index contributed by atoms with van der Waals surface area (Å²) in [6, 6.07) is 30.4. The summed E-state index contributed by atoms with van der Waals surface area (Å²) in [7, 11) is 0. The highest BCUT2D eigenvalue weighted by atomic mass is 16.5. The van der Waals surface area contributed by atoms with Gasteiger partial charge in [0.05, 0.1) is 0 Å². The summed E-state index contributed by atoms with van der Waals surface area (Å²) in [6.45, 7) is 0.160. The first-order valence-electron chi connectivity index (χ1n) is 14.6. The van der Waals surface area contributed by atoms with Gasteiger partial charge >= 0.3 is 19.1 Å². The molecule has 13 rings (SSSR count). The molecule has 42 heavy (non-hydrogen) atoms. The van der Waals surface area contributed by atoms with Gasteiger partial charge in [-0.15, -0.1) is 9.13 Å². The Morgan fingerprint density at radius 2 is 0.857 bits per heavy atom. The summed E-state index contributed by atoms with van der Waals surface area (Å²) in [5, 5.41) is 0. The molecule has 0 N–H and O–H groups in total. The van der Waals surface area contributed by atoms with E-state index in [0.717, 1.165) is 34.5 Å². The van der Waals surface area contributed by atoms with Gasteiger partial charge in [0.2, 0.25) is 0 Å². The van der Waals surface area contributed by atoms with Crippen molar-refractivity contribution in [3.63, 3.8) is 0 Å². The van der Waals surface area contributed by atoms with E-state index in [0.29, 0.717) is 0 Å². The minimum Gasteiger partial charge on any atom is -0.458 e. The second-order valence-corrected chi connectivity index (χ2v) is 12.3. The van der Waals surface area contributed by atoms with Crippen molar-refractivity contribution in [3.05, 3.63) is 108 Å². The van der Waals surface area contributed by atoms with Crippen molar-refractivity contribution in [1.29, 1.82) is 0 Å². The standard InChI is InChI=1S/C35H16B2N2O3/c1-5-17-19-7-3-15-38-33(19)36-29(17)23(9-1)41-25-13-11-21-27(31(25)36)35(38)28-22(40-21)12-14-26-32(28)37-30-18(6-2-10-24(30)42-26)20-8-4-16-39(35)34(20)37/h1-16H/q+2. The largest absolute Gasteiger partial charge is 0.458 e. The van der Waals surface area contributed by atoms with Crippen LogP contribution in [0.15, 0.2) is 97.3 Å². The monoisotopic (exact) mass is 534 g/mol. The van der Waals surface area contributed by atoms with Gasteiger partial charge in [-0.3, -0.25) is 0 Å². The van der Waals surface area contributed by atoms with Crippen molar-refractivity contribution in [2.45, 2.75) is 5.66 Å². The van der Waals surface area contributed by atoms with Crippen molar-refractivity contribution in [2.24, 2.45) is 0 Å². The van der Waals surface area contributed by atoms with E-state index in [4.69, 9.17) is 14.2 Å². The third-order valence-corrected chi connectivity index (χ3v) is 10.9. The van der Waals surface area contributed by atoms with Gasteiger partial charge in [0.1, 0.15) is 45.6 Å². The molecule has 6 aromatic rings. The van der Waals surface area contributed by atoms with E-state index in [1.807, 2.05) is 0 Å². The number of hydrogen-bond acceptors (Lipinski definition) is 3. The Morgan fingerprint density at radius 3 is 1.38 bits per heavy atom. The summed E-state index contributed by atoms with van der Waals surface area (Å²) in [5.74, 6) is 5.51. The Morgan fingerprint density at radius 1 is 0.429 bits per heavy atom. The van der Waals surface area contributed by atoms with Crippen molar-refractivity contribution in [1.82, 2.24) is 0 Å². The van der Waals surface area contributed by atoms with E-state index < -0.39 is 5.66 Å². The van der Waals surface area contributed by atoms with Crippen LogP contribution in [0.5, 0.6) is 34.5 Å². The van der Waals surface area contributed by atoms with Gasteiger partial charge < -0.3 is 14.2 Å². The molecule has 7 aliphatic heterocycles. The Labute approximate surface area is 240 Å². The van der Waals surface area contributed by atoms with Crippen LogP contribution in [0.3, 0.4) is 0 Å². The molecule has 4 aromatic carbocycles. The normalized spacial score (nSPS) is 16.8. The number of nitrogens with zero attached hydrogens (tertiary/aromatic N) is 2.